The highest BCUT2D eigenvalue weighted by Gasteiger charge is 2.45. The van der Waals surface area contributed by atoms with Crippen LogP contribution in [0.3, 0.4) is 0 Å². The molecule has 2 heterocycles. The number of nitrogens with zero attached hydrogens (tertiary/aromatic N) is 2. The molecule has 0 spiro atoms. The summed E-state index contributed by atoms with van der Waals surface area (Å²) in [5, 5.41) is 2.87. The Balaban J connectivity index is 1.54. The fourth-order valence-electron chi connectivity index (χ4n) is 4.43. The maximum Gasteiger partial charge on any atom is 0.243 e. The van der Waals surface area contributed by atoms with Crippen LogP contribution in [0, 0.1) is 6.92 Å². The first kappa shape index (κ1) is 22.5. The lowest BCUT2D eigenvalue weighted by Gasteiger charge is -2.20. The second-order valence-electron chi connectivity index (χ2n) is 9.07. The van der Waals surface area contributed by atoms with Crippen molar-refractivity contribution in [2.75, 3.05) is 24.5 Å². The molecule has 1 saturated heterocycles. The summed E-state index contributed by atoms with van der Waals surface area (Å²) in [7, 11) is -3.59. The van der Waals surface area contributed by atoms with Gasteiger partial charge in [-0.1, -0.05) is 29.8 Å². The molecule has 8 heteroatoms. The van der Waals surface area contributed by atoms with Gasteiger partial charge in [-0.3, -0.25) is 9.59 Å². The zero-order chi connectivity index (χ0) is 23.1. The van der Waals surface area contributed by atoms with E-state index in [-0.39, 0.29) is 23.3 Å². The molecule has 0 radical (unpaired) electrons. The number of aryl methyl sites for hydroxylation is 1. The highest BCUT2D eigenvalue weighted by atomic mass is 32.2. The lowest BCUT2D eigenvalue weighted by atomic mass is 9.86. The lowest BCUT2D eigenvalue weighted by Crippen LogP contribution is -2.42. The monoisotopic (exact) mass is 455 g/mol. The number of sulfonamides is 1. The standard InChI is InChI=1S/C24H29N3O4S/c1-17-7-6-8-18(13-17)15-25-22(28)16-27-21-10-9-19(14-20(21)24(2,3)23(27)29)32(30,31)26-11-4-5-12-26/h6-10,13-14H,4-5,11-12,15-16H2,1-3H3,(H,25,28). The minimum Gasteiger partial charge on any atom is -0.350 e. The normalized spacial score (nSPS) is 18.1. The predicted molar refractivity (Wildman–Crippen MR) is 123 cm³/mol. The van der Waals surface area contributed by atoms with Crippen molar-refractivity contribution < 1.29 is 18.0 Å². The van der Waals surface area contributed by atoms with Crippen LogP contribution < -0.4 is 10.2 Å². The molecule has 1 N–H and O–H groups in total. The van der Waals surface area contributed by atoms with E-state index in [1.165, 1.54) is 9.21 Å². The number of rotatable bonds is 6. The summed E-state index contributed by atoms with van der Waals surface area (Å²) in [5.74, 6) is -0.480. The fourth-order valence-corrected chi connectivity index (χ4v) is 5.97. The van der Waals surface area contributed by atoms with Crippen LogP contribution in [0.4, 0.5) is 5.69 Å². The van der Waals surface area contributed by atoms with Crippen LogP contribution in [0.2, 0.25) is 0 Å². The summed E-state index contributed by atoms with van der Waals surface area (Å²) in [6, 6.07) is 12.7. The molecule has 0 aromatic heterocycles. The molecule has 2 aromatic carbocycles. The van der Waals surface area contributed by atoms with E-state index in [1.807, 2.05) is 31.2 Å². The average molecular weight is 456 g/mol. The van der Waals surface area contributed by atoms with Crippen LogP contribution in [-0.2, 0) is 31.6 Å². The molecule has 7 nitrogen and oxygen atoms in total. The van der Waals surface area contributed by atoms with E-state index in [0.717, 1.165) is 24.0 Å². The van der Waals surface area contributed by atoms with Gasteiger partial charge in [-0.15, -0.1) is 0 Å². The van der Waals surface area contributed by atoms with Crippen LogP contribution in [-0.4, -0.2) is 44.2 Å². The van der Waals surface area contributed by atoms with Crippen molar-refractivity contribution >= 4 is 27.5 Å². The predicted octanol–water partition coefficient (Wildman–Crippen LogP) is 2.72. The molecule has 0 unspecified atom stereocenters. The van der Waals surface area contributed by atoms with Gasteiger partial charge in [0, 0.05) is 25.3 Å². The second-order valence-corrected chi connectivity index (χ2v) is 11.0. The van der Waals surface area contributed by atoms with Gasteiger partial charge >= 0.3 is 0 Å². The Morgan fingerprint density at radius 2 is 1.81 bits per heavy atom. The van der Waals surface area contributed by atoms with Crippen LogP contribution in [0.1, 0.15) is 43.4 Å². The van der Waals surface area contributed by atoms with Crippen molar-refractivity contribution in [2.24, 2.45) is 0 Å². The number of benzene rings is 2. The van der Waals surface area contributed by atoms with Crippen molar-refractivity contribution in [1.82, 2.24) is 9.62 Å². The topological polar surface area (TPSA) is 86.8 Å². The first-order chi connectivity index (χ1) is 15.1. The minimum absolute atomic E-state index is 0.112. The van der Waals surface area contributed by atoms with Crippen molar-refractivity contribution in [3.63, 3.8) is 0 Å². The molecule has 0 atom stereocenters. The first-order valence-electron chi connectivity index (χ1n) is 10.9. The molecule has 170 valence electrons. The molecular weight excluding hydrogens is 426 g/mol. The summed E-state index contributed by atoms with van der Waals surface area (Å²) in [6.45, 7) is 6.84. The minimum atomic E-state index is -3.59. The molecular formula is C24H29N3O4S. The quantitative estimate of drug-likeness (QED) is 0.726. The van der Waals surface area contributed by atoms with E-state index < -0.39 is 15.4 Å². The Hall–Kier alpha value is -2.71. The van der Waals surface area contributed by atoms with E-state index in [2.05, 4.69) is 5.32 Å². The third-order valence-electron chi connectivity index (χ3n) is 6.29. The van der Waals surface area contributed by atoms with Gasteiger partial charge in [0.25, 0.3) is 0 Å². The number of anilines is 1. The summed E-state index contributed by atoms with van der Waals surface area (Å²) in [4.78, 5) is 27.4. The number of nitrogens with one attached hydrogen (secondary N) is 1. The number of hydrogen-bond donors (Lipinski definition) is 1. The van der Waals surface area contributed by atoms with Crippen molar-refractivity contribution in [3.05, 3.63) is 59.2 Å². The zero-order valence-corrected chi connectivity index (χ0v) is 19.5. The summed E-state index contributed by atoms with van der Waals surface area (Å²) < 4.78 is 27.5. The van der Waals surface area contributed by atoms with Gasteiger partial charge in [0.05, 0.1) is 10.3 Å². The van der Waals surface area contributed by atoms with Gasteiger partial charge in [0.2, 0.25) is 21.8 Å². The van der Waals surface area contributed by atoms with Crippen LogP contribution in [0.5, 0.6) is 0 Å². The maximum absolute atomic E-state index is 13.1. The molecule has 1 fully saturated rings. The largest absolute Gasteiger partial charge is 0.350 e. The molecule has 2 aromatic rings. The highest BCUT2D eigenvalue weighted by molar-refractivity contribution is 7.89. The molecule has 0 aliphatic carbocycles. The van der Waals surface area contributed by atoms with E-state index in [1.54, 1.807) is 32.0 Å². The summed E-state index contributed by atoms with van der Waals surface area (Å²) >= 11 is 0. The molecule has 32 heavy (non-hydrogen) atoms. The highest BCUT2D eigenvalue weighted by Crippen LogP contribution is 2.42. The molecule has 4 rings (SSSR count). The first-order valence-corrected chi connectivity index (χ1v) is 12.3. The van der Waals surface area contributed by atoms with Gasteiger partial charge in [-0.05, 0) is 62.9 Å². The number of carbonyl (C=O) groups excluding carboxylic acids is 2. The molecule has 0 saturated carbocycles. The Bertz CT molecular complexity index is 1170. The third-order valence-corrected chi connectivity index (χ3v) is 8.18. The van der Waals surface area contributed by atoms with Gasteiger partial charge < -0.3 is 10.2 Å². The van der Waals surface area contributed by atoms with E-state index in [4.69, 9.17) is 0 Å². The van der Waals surface area contributed by atoms with Crippen molar-refractivity contribution in [3.8, 4) is 0 Å². The Morgan fingerprint density at radius 3 is 2.50 bits per heavy atom. The molecule has 0 bridgehead atoms. The second kappa shape index (κ2) is 8.33. The molecule has 2 aliphatic heterocycles. The van der Waals surface area contributed by atoms with Crippen LogP contribution in [0.25, 0.3) is 0 Å². The number of hydrogen-bond acceptors (Lipinski definition) is 4. The Kier molecular flexibility index (Phi) is 5.85. The number of amides is 2. The smallest absolute Gasteiger partial charge is 0.243 e. The van der Waals surface area contributed by atoms with Gasteiger partial charge in [-0.2, -0.15) is 4.31 Å². The van der Waals surface area contributed by atoms with Gasteiger partial charge in [0.15, 0.2) is 0 Å². The van der Waals surface area contributed by atoms with E-state index in [9.17, 15) is 18.0 Å². The van der Waals surface area contributed by atoms with Crippen molar-refractivity contribution in [2.45, 2.75) is 50.5 Å². The lowest BCUT2D eigenvalue weighted by molar-refractivity contribution is -0.125. The van der Waals surface area contributed by atoms with E-state index in [0.29, 0.717) is 30.9 Å². The van der Waals surface area contributed by atoms with Crippen LogP contribution in [0.15, 0.2) is 47.4 Å². The SMILES string of the molecule is Cc1cccc(CNC(=O)CN2C(=O)C(C)(C)c3cc(S(=O)(=O)N4CCCC4)ccc32)c1. The molecule has 2 amide bonds. The Morgan fingerprint density at radius 1 is 1.09 bits per heavy atom. The molecule has 2 aliphatic rings. The summed E-state index contributed by atoms with van der Waals surface area (Å²) in [6.07, 6.45) is 1.72. The Labute approximate surface area is 189 Å². The average Bonchev–Trinajstić information content (AvgIpc) is 3.36. The van der Waals surface area contributed by atoms with Gasteiger partial charge in [-0.25, -0.2) is 8.42 Å². The number of carbonyl (C=O) groups is 2. The van der Waals surface area contributed by atoms with E-state index >= 15 is 0 Å². The maximum atomic E-state index is 13.1. The zero-order valence-electron chi connectivity index (χ0n) is 18.7. The summed E-state index contributed by atoms with van der Waals surface area (Å²) in [5.41, 5.74) is 2.41. The van der Waals surface area contributed by atoms with Crippen LogP contribution >= 0.6 is 0 Å². The van der Waals surface area contributed by atoms with Crippen molar-refractivity contribution in [1.29, 1.82) is 0 Å². The number of fused-ring (bicyclic) bond motifs is 1. The third kappa shape index (κ3) is 4.04. The fraction of sp³-hybridized carbons (Fsp3) is 0.417. The van der Waals surface area contributed by atoms with Gasteiger partial charge in [0.1, 0.15) is 6.54 Å².